The number of H-pyrrole nitrogens is 1. The largest absolute Gasteiger partial charge is 0.313 e. The molecule has 0 saturated heterocycles. The standard InChI is InChI=1S/C11H13ClN4/c1-13-7-11-14-10(15-16-11)6-8-3-2-4-9(12)5-8/h2-5,13H,6-7H2,1H3,(H,14,15,16). The number of hydrogen-bond acceptors (Lipinski definition) is 3. The molecule has 0 atom stereocenters. The third-order valence-corrected chi connectivity index (χ3v) is 2.41. The Morgan fingerprint density at radius 3 is 3.06 bits per heavy atom. The first kappa shape index (κ1) is 11.1. The van der Waals surface area contributed by atoms with Crippen LogP contribution in [0.1, 0.15) is 17.2 Å². The number of rotatable bonds is 4. The number of nitrogens with one attached hydrogen (secondary N) is 2. The van der Waals surface area contributed by atoms with Crippen molar-refractivity contribution >= 4 is 11.6 Å². The van der Waals surface area contributed by atoms with E-state index in [1.165, 1.54) is 0 Å². The second-order valence-corrected chi connectivity index (χ2v) is 3.97. The van der Waals surface area contributed by atoms with Crippen LogP contribution in [0, 0.1) is 0 Å². The van der Waals surface area contributed by atoms with Gasteiger partial charge < -0.3 is 5.32 Å². The van der Waals surface area contributed by atoms with E-state index in [2.05, 4.69) is 20.5 Å². The van der Waals surface area contributed by atoms with Crippen molar-refractivity contribution in [3.63, 3.8) is 0 Å². The highest BCUT2D eigenvalue weighted by atomic mass is 35.5. The molecule has 2 rings (SSSR count). The molecule has 0 aliphatic carbocycles. The van der Waals surface area contributed by atoms with E-state index in [0.717, 1.165) is 28.7 Å². The van der Waals surface area contributed by atoms with Crippen LogP contribution >= 0.6 is 11.6 Å². The molecule has 1 aromatic carbocycles. The van der Waals surface area contributed by atoms with Crippen molar-refractivity contribution in [3.8, 4) is 0 Å². The highest BCUT2D eigenvalue weighted by Crippen LogP contribution is 2.12. The average molecular weight is 237 g/mol. The van der Waals surface area contributed by atoms with Gasteiger partial charge in [0.2, 0.25) is 0 Å². The molecule has 0 aliphatic heterocycles. The minimum atomic E-state index is 0.673. The molecule has 2 N–H and O–H groups in total. The minimum Gasteiger partial charge on any atom is -0.313 e. The van der Waals surface area contributed by atoms with Gasteiger partial charge in [0.15, 0.2) is 5.82 Å². The fourth-order valence-electron chi connectivity index (χ4n) is 1.49. The molecule has 0 bridgehead atoms. The Bertz CT molecular complexity index is 467. The SMILES string of the molecule is CNCc1n[nH]c(Cc2cccc(Cl)c2)n1. The second-order valence-electron chi connectivity index (χ2n) is 3.54. The van der Waals surface area contributed by atoms with E-state index in [1.54, 1.807) is 0 Å². The molecule has 0 amide bonds. The maximum atomic E-state index is 5.91. The van der Waals surface area contributed by atoms with E-state index >= 15 is 0 Å². The van der Waals surface area contributed by atoms with Gasteiger partial charge in [-0.2, -0.15) is 5.10 Å². The van der Waals surface area contributed by atoms with Crippen LogP contribution in [-0.2, 0) is 13.0 Å². The van der Waals surface area contributed by atoms with Gasteiger partial charge >= 0.3 is 0 Å². The molecule has 4 nitrogen and oxygen atoms in total. The number of nitrogens with zero attached hydrogens (tertiary/aromatic N) is 2. The van der Waals surface area contributed by atoms with Crippen molar-refractivity contribution in [3.05, 3.63) is 46.5 Å². The van der Waals surface area contributed by atoms with Crippen LogP contribution in [0.2, 0.25) is 5.02 Å². The molecule has 0 fully saturated rings. The quantitative estimate of drug-likeness (QED) is 0.851. The lowest BCUT2D eigenvalue weighted by Gasteiger charge is -1.97. The third-order valence-electron chi connectivity index (χ3n) is 2.17. The fourth-order valence-corrected chi connectivity index (χ4v) is 1.70. The van der Waals surface area contributed by atoms with Crippen molar-refractivity contribution in [1.82, 2.24) is 20.5 Å². The van der Waals surface area contributed by atoms with Crippen LogP contribution in [-0.4, -0.2) is 22.2 Å². The number of benzene rings is 1. The second kappa shape index (κ2) is 5.09. The van der Waals surface area contributed by atoms with Crippen molar-refractivity contribution < 1.29 is 0 Å². The number of aromatic amines is 1. The van der Waals surface area contributed by atoms with Crippen LogP contribution < -0.4 is 5.32 Å². The maximum absolute atomic E-state index is 5.91. The predicted molar refractivity (Wildman–Crippen MR) is 63.4 cm³/mol. The third kappa shape index (κ3) is 2.81. The van der Waals surface area contributed by atoms with Gasteiger partial charge in [0.25, 0.3) is 0 Å². The van der Waals surface area contributed by atoms with E-state index in [-0.39, 0.29) is 0 Å². The fraction of sp³-hybridized carbons (Fsp3) is 0.273. The Balaban J connectivity index is 2.08. The van der Waals surface area contributed by atoms with Crippen LogP contribution in [0.5, 0.6) is 0 Å². The van der Waals surface area contributed by atoms with Gasteiger partial charge in [-0.15, -0.1) is 0 Å². The first-order chi connectivity index (χ1) is 7.78. The molecule has 5 heteroatoms. The van der Waals surface area contributed by atoms with Crippen molar-refractivity contribution in [2.45, 2.75) is 13.0 Å². The first-order valence-electron chi connectivity index (χ1n) is 5.07. The van der Waals surface area contributed by atoms with Gasteiger partial charge in [0, 0.05) is 11.4 Å². The van der Waals surface area contributed by atoms with Gasteiger partial charge in [-0.25, -0.2) is 4.98 Å². The van der Waals surface area contributed by atoms with Crippen LogP contribution in [0.4, 0.5) is 0 Å². The summed E-state index contributed by atoms with van der Waals surface area (Å²) in [6.07, 6.45) is 0.720. The van der Waals surface area contributed by atoms with E-state index in [9.17, 15) is 0 Å². The van der Waals surface area contributed by atoms with Gasteiger partial charge in [0.05, 0.1) is 6.54 Å². The summed E-state index contributed by atoms with van der Waals surface area (Å²) in [5.74, 6) is 1.63. The lowest BCUT2D eigenvalue weighted by Crippen LogP contribution is -2.06. The molecule has 0 unspecified atom stereocenters. The molecule has 84 valence electrons. The number of aromatic nitrogens is 3. The van der Waals surface area contributed by atoms with Crippen LogP contribution in [0.25, 0.3) is 0 Å². The maximum Gasteiger partial charge on any atom is 0.164 e. The lowest BCUT2D eigenvalue weighted by atomic mass is 10.1. The summed E-state index contributed by atoms with van der Waals surface area (Å²) in [4.78, 5) is 4.35. The Kier molecular flexibility index (Phi) is 3.54. The molecular weight excluding hydrogens is 224 g/mol. The molecule has 1 aromatic heterocycles. The van der Waals surface area contributed by atoms with Gasteiger partial charge in [-0.05, 0) is 24.7 Å². The monoisotopic (exact) mass is 236 g/mol. The Labute approximate surface area is 99.1 Å². The summed E-state index contributed by atoms with van der Waals surface area (Å²) >= 11 is 5.91. The lowest BCUT2D eigenvalue weighted by molar-refractivity contribution is 0.762. The molecule has 0 radical (unpaired) electrons. The highest BCUT2D eigenvalue weighted by molar-refractivity contribution is 6.30. The molecule has 2 aromatic rings. The number of hydrogen-bond donors (Lipinski definition) is 2. The van der Waals surface area contributed by atoms with Gasteiger partial charge in [-0.1, -0.05) is 23.7 Å². The zero-order chi connectivity index (χ0) is 11.4. The topological polar surface area (TPSA) is 53.6 Å². The van der Waals surface area contributed by atoms with E-state index in [0.29, 0.717) is 6.54 Å². The summed E-state index contributed by atoms with van der Waals surface area (Å²) < 4.78 is 0. The summed E-state index contributed by atoms with van der Waals surface area (Å²) in [6, 6.07) is 7.74. The molecular formula is C11H13ClN4. The van der Waals surface area contributed by atoms with E-state index in [4.69, 9.17) is 11.6 Å². The van der Waals surface area contributed by atoms with Crippen LogP contribution in [0.3, 0.4) is 0 Å². The van der Waals surface area contributed by atoms with E-state index < -0.39 is 0 Å². The van der Waals surface area contributed by atoms with Crippen molar-refractivity contribution in [1.29, 1.82) is 0 Å². The Hall–Kier alpha value is -1.39. The highest BCUT2D eigenvalue weighted by Gasteiger charge is 2.03. The first-order valence-corrected chi connectivity index (χ1v) is 5.45. The van der Waals surface area contributed by atoms with Gasteiger partial charge in [-0.3, -0.25) is 5.10 Å². The summed E-state index contributed by atoms with van der Waals surface area (Å²) in [5, 5.41) is 10.8. The predicted octanol–water partition coefficient (Wildman–Crippen LogP) is 1.77. The molecule has 0 spiro atoms. The molecule has 16 heavy (non-hydrogen) atoms. The summed E-state index contributed by atoms with van der Waals surface area (Å²) in [6.45, 7) is 0.673. The van der Waals surface area contributed by atoms with Gasteiger partial charge in [0.1, 0.15) is 5.82 Å². The van der Waals surface area contributed by atoms with Crippen LogP contribution in [0.15, 0.2) is 24.3 Å². The minimum absolute atomic E-state index is 0.673. The van der Waals surface area contributed by atoms with E-state index in [1.807, 2.05) is 31.3 Å². The zero-order valence-electron chi connectivity index (χ0n) is 9.00. The Morgan fingerprint density at radius 2 is 2.31 bits per heavy atom. The average Bonchev–Trinajstić information content (AvgIpc) is 2.66. The summed E-state index contributed by atoms with van der Waals surface area (Å²) in [7, 11) is 1.87. The molecule has 1 heterocycles. The molecule has 0 saturated carbocycles. The Morgan fingerprint density at radius 1 is 1.44 bits per heavy atom. The summed E-state index contributed by atoms with van der Waals surface area (Å²) in [5.41, 5.74) is 1.12. The van der Waals surface area contributed by atoms with Crippen molar-refractivity contribution in [2.75, 3.05) is 7.05 Å². The number of halogens is 1. The zero-order valence-corrected chi connectivity index (χ0v) is 9.75. The molecule has 0 aliphatic rings. The smallest absolute Gasteiger partial charge is 0.164 e. The normalized spacial score (nSPS) is 10.6. The van der Waals surface area contributed by atoms with Crippen molar-refractivity contribution in [2.24, 2.45) is 0 Å².